The number of ether oxygens (including phenoxy) is 3. The highest BCUT2D eigenvalue weighted by Crippen LogP contribution is 2.38. The number of methoxy groups -OCH3 is 3. The number of benzene rings is 1. The summed E-state index contributed by atoms with van der Waals surface area (Å²) in [5.41, 5.74) is 1.58. The zero-order valence-corrected chi connectivity index (χ0v) is 17.9. The minimum Gasteiger partial charge on any atom is -0.493 e. The van der Waals surface area contributed by atoms with Crippen molar-refractivity contribution in [2.45, 2.75) is 6.54 Å². The van der Waals surface area contributed by atoms with Gasteiger partial charge in [0.15, 0.2) is 15.4 Å². The van der Waals surface area contributed by atoms with Crippen LogP contribution in [-0.2, 0) is 6.54 Å². The van der Waals surface area contributed by atoms with Crippen molar-refractivity contribution in [3.8, 4) is 17.2 Å². The van der Waals surface area contributed by atoms with E-state index in [1.807, 2.05) is 4.90 Å². The van der Waals surface area contributed by atoms with Gasteiger partial charge in [-0.25, -0.2) is 4.98 Å². The van der Waals surface area contributed by atoms with Gasteiger partial charge in [-0.2, -0.15) is 0 Å². The predicted molar refractivity (Wildman–Crippen MR) is 107 cm³/mol. The molecule has 9 heteroatoms. The van der Waals surface area contributed by atoms with E-state index in [9.17, 15) is 4.79 Å². The quantitative estimate of drug-likeness (QED) is 0.666. The van der Waals surface area contributed by atoms with E-state index >= 15 is 0 Å². The van der Waals surface area contributed by atoms with E-state index in [2.05, 4.69) is 31.2 Å². The van der Waals surface area contributed by atoms with Crippen LogP contribution in [0.25, 0.3) is 0 Å². The largest absolute Gasteiger partial charge is 0.493 e. The van der Waals surface area contributed by atoms with Crippen LogP contribution in [0.1, 0.15) is 16.1 Å². The number of nitrogens with zero attached hydrogens (tertiary/aromatic N) is 3. The second kappa shape index (κ2) is 8.90. The normalized spacial score (nSPS) is 14.9. The third-order valence-electron chi connectivity index (χ3n) is 4.48. The molecule has 0 saturated carbocycles. The maximum Gasteiger partial charge on any atom is 0.254 e. The highest BCUT2D eigenvalue weighted by molar-refractivity contribution is 9.11. The first-order valence-electron chi connectivity index (χ1n) is 8.47. The van der Waals surface area contributed by atoms with Gasteiger partial charge in [0.2, 0.25) is 5.75 Å². The first-order valence-corrected chi connectivity index (χ1v) is 10.1. The lowest BCUT2D eigenvalue weighted by molar-refractivity contribution is 0.0626. The van der Waals surface area contributed by atoms with E-state index in [0.717, 1.165) is 29.2 Å². The van der Waals surface area contributed by atoms with Crippen molar-refractivity contribution in [1.82, 2.24) is 14.8 Å². The molecule has 1 aliphatic heterocycles. The van der Waals surface area contributed by atoms with Crippen LogP contribution in [0, 0.1) is 0 Å². The lowest BCUT2D eigenvalue weighted by Gasteiger charge is -2.34. The number of piperazine rings is 1. The van der Waals surface area contributed by atoms with E-state index in [1.54, 1.807) is 44.8 Å². The Morgan fingerprint density at radius 1 is 1.11 bits per heavy atom. The molecule has 7 nitrogen and oxygen atoms in total. The number of carbonyl (C=O) groups excluding carboxylic acids is 1. The smallest absolute Gasteiger partial charge is 0.254 e. The highest BCUT2D eigenvalue weighted by atomic mass is 79.9. The average Bonchev–Trinajstić information content (AvgIpc) is 3.11. The van der Waals surface area contributed by atoms with Gasteiger partial charge < -0.3 is 19.1 Å². The molecule has 1 saturated heterocycles. The monoisotopic (exact) mass is 455 g/mol. The Hall–Kier alpha value is -1.84. The predicted octanol–water partition coefficient (Wildman–Crippen LogP) is 2.89. The van der Waals surface area contributed by atoms with Crippen molar-refractivity contribution >= 4 is 33.2 Å². The Labute approximate surface area is 171 Å². The third-order valence-corrected chi connectivity index (χ3v) is 5.89. The summed E-state index contributed by atoms with van der Waals surface area (Å²) in [6.45, 7) is 3.76. The molecule has 3 rings (SSSR count). The van der Waals surface area contributed by atoms with Crippen molar-refractivity contribution in [2.24, 2.45) is 0 Å². The molecule has 0 N–H and O–H groups in total. The summed E-state index contributed by atoms with van der Waals surface area (Å²) in [5, 5.41) is 2.05. The molecular weight excluding hydrogens is 434 g/mol. The van der Waals surface area contributed by atoms with Crippen LogP contribution in [0.15, 0.2) is 21.4 Å². The van der Waals surface area contributed by atoms with Crippen LogP contribution in [0.4, 0.5) is 0 Å². The molecule has 1 aromatic heterocycles. The standard InChI is InChI=1S/C18H22BrN3O4S/c1-24-14-8-12(9-15(25-2)16(14)26-3)17(23)22-6-4-21(5-7-22)10-13-11-27-18(19)20-13/h8-9,11H,4-7,10H2,1-3H3. The number of amides is 1. The van der Waals surface area contributed by atoms with Gasteiger partial charge in [-0.15, -0.1) is 11.3 Å². The second-order valence-electron chi connectivity index (χ2n) is 6.07. The summed E-state index contributed by atoms with van der Waals surface area (Å²) < 4.78 is 16.9. The third kappa shape index (κ3) is 4.53. The summed E-state index contributed by atoms with van der Waals surface area (Å²) in [6.07, 6.45) is 0. The molecule has 2 heterocycles. The van der Waals surface area contributed by atoms with Gasteiger partial charge in [-0.05, 0) is 28.1 Å². The zero-order valence-electron chi connectivity index (χ0n) is 15.5. The SMILES string of the molecule is COc1cc(C(=O)N2CCN(Cc3csc(Br)n3)CC2)cc(OC)c1OC. The van der Waals surface area contributed by atoms with Crippen LogP contribution in [0.2, 0.25) is 0 Å². The molecule has 0 radical (unpaired) electrons. The van der Waals surface area contributed by atoms with Gasteiger partial charge in [0.05, 0.1) is 27.0 Å². The van der Waals surface area contributed by atoms with E-state index in [-0.39, 0.29) is 5.91 Å². The Balaban J connectivity index is 1.67. The molecule has 1 fully saturated rings. The second-order valence-corrected chi connectivity index (χ2v) is 8.21. The van der Waals surface area contributed by atoms with E-state index in [1.165, 1.54) is 0 Å². The van der Waals surface area contributed by atoms with Crippen LogP contribution in [0.5, 0.6) is 17.2 Å². The number of aromatic nitrogens is 1. The lowest BCUT2D eigenvalue weighted by Crippen LogP contribution is -2.48. The Bertz CT molecular complexity index is 781. The molecular formula is C18H22BrN3O4S. The Morgan fingerprint density at radius 3 is 2.22 bits per heavy atom. The molecule has 0 bridgehead atoms. The van der Waals surface area contributed by atoms with Gasteiger partial charge in [-0.3, -0.25) is 9.69 Å². The van der Waals surface area contributed by atoms with Crippen molar-refractivity contribution in [1.29, 1.82) is 0 Å². The van der Waals surface area contributed by atoms with Crippen LogP contribution in [-0.4, -0.2) is 68.2 Å². The summed E-state index contributed by atoms with van der Waals surface area (Å²) >= 11 is 4.98. The minimum atomic E-state index is -0.0368. The molecule has 1 aliphatic rings. The topological polar surface area (TPSA) is 64.1 Å². The molecule has 1 amide bonds. The molecule has 27 heavy (non-hydrogen) atoms. The van der Waals surface area contributed by atoms with Crippen molar-refractivity contribution in [2.75, 3.05) is 47.5 Å². The Morgan fingerprint density at radius 2 is 1.74 bits per heavy atom. The number of carbonyl (C=O) groups is 1. The fourth-order valence-electron chi connectivity index (χ4n) is 3.08. The van der Waals surface area contributed by atoms with Gasteiger partial charge in [0.25, 0.3) is 5.91 Å². The maximum atomic E-state index is 12.9. The number of halogens is 1. The first-order chi connectivity index (χ1) is 13.0. The van der Waals surface area contributed by atoms with E-state index in [0.29, 0.717) is 35.9 Å². The molecule has 0 unspecified atom stereocenters. The van der Waals surface area contributed by atoms with Crippen LogP contribution in [0.3, 0.4) is 0 Å². The Kier molecular flexibility index (Phi) is 6.56. The number of thiazole rings is 1. The van der Waals surface area contributed by atoms with Gasteiger partial charge in [-0.1, -0.05) is 0 Å². The fourth-order valence-corrected chi connectivity index (χ4v) is 4.12. The van der Waals surface area contributed by atoms with Crippen molar-refractivity contribution in [3.05, 3.63) is 32.7 Å². The molecule has 1 aromatic carbocycles. The highest BCUT2D eigenvalue weighted by Gasteiger charge is 2.25. The molecule has 146 valence electrons. The summed E-state index contributed by atoms with van der Waals surface area (Å²) in [6, 6.07) is 3.39. The first kappa shape index (κ1) is 19.9. The summed E-state index contributed by atoms with van der Waals surface area (Å²) in [5.74, 6) is 1.40. The van der Waals surface area contributed by atoms with Crippen LogP contribution >= 0.6 is 27.3 Å². The molecule has 0 aliphatic carbocycles. The fraction of sp³-hybridized carbons (Fsp3) is 0.444. The van der Waals surface area contributed by atoms with Crippen LogP contribution < -0.4 is 14.2 Å². The lowest BCUT2D eigenvalue weighted by atomic mass is 10.1. The summed E-state index contributed by atoms with van der Waals surface area (Å²) in [4.78, 5) is 21.5. The van der Waals surface area contributed by atoms with Crippen molar-refractivity contribution < 1.29 is 19.0 Å². The summed E-state index contributed by atoms with van der Waals surface area (Å²) in [7, 11) is 4.63. The molecule has 0 spiro atoms. The van der Waals surface area contributed by atoms with Gasteiger partial charge >= 0.3 is 0 Å². The van der Waals surface area contributed by atoms with Crippen molar-refractivity contribution in [3.63, 3.8) is 0 Å². The van der Waals surface area contributed by atoms with Gasteiger partial charge in [0.1, 0.15) is 0 Å². The number of rotatable bonds is 6. The average molecular weight is 456 g/mol. The number of hydrogen-bond acceptors (Lipinski definition) is 7. The number of hydrogen-bond donors (Lipinski definition) is 0. The minimum absolute atomic E-state index is 0.0368. The van der Waals surface area contributed by atoms with E-state index in [4.69, 9.17) is 14.2 Å². The molecule has 2 aromatic rings. The van der Waals surface area contributed by atoms with E-state index < -0.39 is 0 Å². The zero-order chi connectivity index (χ0) is 19.4. The van der Waals surface area contributed by atoms with Gasteiger partial charge in [0, 0.05) is 43.7 Å². The molecule has 0 atom stereocenters. The maximum absolute atomic E-state index is 12.9.